The molecule has 0 bridgehead atoms. The van der Waals surface area contributed by atoms with Gasteiger partial charge in [0.05, 0.1) is 0 Å². The van der Waals surface area contributed by atoms with Crippen molar-refractivity contribution in [2.45, 2.75) is 63.7 Å². The van der Waals surface area contributed by atoms with Gasteiger partial charge in [0.1, 0.15) is 0 Å². The molecule has 3 fully saturated rings. The molecule has 4 nitrogen and oxygen atoms in total. The Morgan fingerprint density at radius 2 is 1.33 bits per heavy atom. The molecule has 0 aromatic heterocycles. The summed E-state index contributed by atoms with van der Waals surface area (Å²) in [6.45, 7) is 17.0. The van der Waals surface area contributed by atoms with E-state index in [1.54, 1.807) is 0 Å². The van der Waals surface area contributed by atoms with Gasteiger partial charge in [-0.2, -0.15) is 0 Å². The van der Waals surface area contributed by atoms with Crippen molar-refractivity contribution < 1.29 is 0 Å². The molecular weight excluding hydrogens is 260 g/mol. The van der Waals surface area contributed by atoms with Crippen LogP contribution in [0.1, 0.15) is 40.5 Å². The zero-order valence-corrected chi connectivity index (χ0v) is 14.7. The molecule has 122 valence electrons. The summed E-state index contributed by atoms with van der Waals surface area (Å²) in [5.74, 6) is 0. The average molecular weight is 294 g/mol. The van der Waals surface area contributed by atoms with E-state index in [1.165, 1.54) is 52.1 Å². The van der Waals surface area contributed by atoms with Crippen LogP contribution in [-0.2, 0) is 0 Å². The molecule has 1 unspecified atom stereocenters. The number of hydrogen-bond donors (Lipinski definition) is 1. The van der Waals surface area contributed by atoms with Crippen molar-refractivity contribution in [3.8, 4) is 0 Å². The SMILES string of the molecule is CN1CCN2CCN(C3CC(C)(C)NC(C)(C)C3)CC2C1. The minimum atomic E-state index is 0.257. The fraction of sp³-hybridized carbons (Fsp3) is 1.00. The fourth-order valence-corrected chi connectivity index (χ4v) is 4.99. The molecule has 0 aromatic carbocycles. The maximum Gasteiger partial charge on any atom is 0.0351 e. The topological polar surface area (TPSA) is 21.8 Å². The molecule has 3 heterocycles. The lowest BCUT2D eigenvalue weighted by atomic mass is 9.78. The summed E-state index contributed by atoms with van der Waals surface area (Å²) < 4.78 is 0. The molecule has 0 aliphatic carbocycles. The first-order chi connectivity index (χ1) is 9.74. The van der Waals surface area contributed by atoms with Crippen molar-refractivity contribution in [2.75, 3.05) is 46.3 Å². The van der Waals surface area contributed by atoms with E-state index in [-0.39, 0.29) is 11.1 Å². The number of hydrogen-bond acceptors (Lipinski definition) is 4. The number of likely N-dealkylation sites (N-methyl/N-ethyl adjacent to an activating group) is 1. The molecule has 4 heteroatoms. The fourth-order valence-electron chi connectivity index (χ4n) is 4.99. The Labute approximate surface area is 130 Å². The van der Waals surface area contributed by atoms with Crippen LogP contribution in [0, 0.1) is 0 Å². The molecule has 0 amide bonds. The van der Waals surface area contributed by atoms with Crippen LogP contribution in [0.2, 0.25) is 0 Å². The van der Waals surface area contributed by atoms with Crippen molar-refractivity contribution in [3.63, 3.8) is 0 Å². The Kier molecular flexibility index (Phi) is 4.11. The van der Waals surface area contributed by atoms with E-state index in [0.29, 0.717) is 0 Å². The Morgan fingerprint density at radius 3 is 2.00 bits per heavy atom. The third-order valence-corrected chi connectivity index (χ3v) is 5.61. The summed E-state index contributed by atoms with van der Waals surface area (Å²) in [4.78, 5) is 8.01. The summed E-state index contributed by atoms with van der Waals surface area (Å²) in [5.41, 5.74) is 0.514. The number of nitrogens with one attached hydrogen (secondary N) is 1. The molecule has 3 rings (SSSR count). The molecule has 1 N–H and O–H groups in total. The normalized spacial score (nSPS) is 35.6. The minimum absolute atomic E-state index is 0.257. The Morgan fingerprint density at radius 1 is 0.762 bits per heavy atom. The van der Waals surface area contributed by atoms with Crippen LogP contribution in [0.25, 0.3) is 0 Å². The van der Waals surface area contributed by atoms with Gasteiger partial charge in [0.15, 0.2) is 0 Å². The lowest BCUT2D eigenvalue weighted by Gasteiger charge is -2.53. The van der Waals surface area contributed by atoms with E-state index in [1.807, 2.05) is 0 Å². The Balaban J connectivity index is 1.66. The van der Waals surface area contributed by atoms with E-state index >= 15 is 0 Å². The second-order valence-corrected chi connectivity index (χ2v) is 8.90. The number of piperazine rings is 2. The van der Waals surface area contributed by atoms with Gasteiger partial charge in [0, 0.05) is 62.4 Å². The average Bonchev–Trinajstić information content (AvgIpc) is 2.34. The molecule has 3 aliphatic rings. The lowest BCUT2D eigenvalue weighted by molar-refractivity contribution is -0.0200. The van der Waals surface area contributed by atoms with Crippen LogP contribution in [-0.4, -0.2) is 84.2 Å². The minimum Gasteiger partial charge on any atom is -0.307 e. The monoisotopic (exact) mass is 294 g/mol. The van der Waals surface area contributed by atoms with Crippen molar-refractivity contribution in [1.29, 1.82) is 0 Å². The predicted octanol–water partition coefficient (Wildman–Crippen LogP) is 1.23. The van der Waals surface area contributed by atoms with E-state index in [2.05, 4.69) is 54.8 Å². The molecule has 0 radical (unpaired) electrons. The van der Waals surface area contributed by atoms with Gasteiger partial charge in [-0.05, 0) is 47.6 Å². The van der Waals surface area contributed by atoms with Gasteiger partial charge in [-0.25, -0.2) is 0 Å². The number of nitrogens with zero attached hydrogens (tertiary/aromatic N) is 3. The standard InChI is InChI=1S/C17H34N4/c1-16(2)10-14(11-17(3,4)18-16)21-9-8-20-7-6-19(5)12-15(20)13-21/h14-15,18H,6-13H2,1-5H3. The summed E-state index contributed by atoms with van der Waals surface area (Å²) in [7, 11) is 2.27. The van der Waals surface area contributed by atoms with E-state index in [4.69, 9.17) is 0 Å². The van der Waals surface area contributed by atoms with Crippen molar-refractivity contribution in [2.24, 2.45) is 0 Å². The van der Waals surface area contributed by atoms with Gasteiger partial charge >= 0.3 is 0 Å². The lowest BCUT2D eigenvalue weighted by Crippen LogP contribution is -2.67. The van der Waals surface area contributed by atoms with Crippen molar-refractivity contribution in [1.82, 2.24) is 20.0 Å². The van der Waals surface area contributed by atoms with E-state index in [9.17, 15) is 0 Å². The first kappa shape index (κ1) is 15.7. The molecule has 0 aromatic rings. The Hall–Kier alpha value is -0.160. The summed E-state index contributed by atoms with van der Waals surface area (Å²) in [6.07, 6.45) is 2.55. The highest BCUT2D eigenvalue weighted by atomic mass is 15.4. The van der Waals surface area contributed by atoms with Crippen LogP contribution >= 0.6 is 0 Å². The van der Waals surface area contributed by atoms with E-state index in [0.717, 1.165) is 12.1 Å². The molecule has 0 saturated carbocycles. The zero-order chi connectivity index (χ0) is 15.3. The van der Waals surface area contributed by atoms with Gasteiger partial charge in [0.25, 0.3) is 0 Å². The van der Waals surface area contributed by atoms with Crippen molar-refractivity contribution in [3.05, 3.63) is 0 Å². The first-order valence-electron chi connectivity index (χ1n) is 8.70. The number of fused-ring (bicyclic) bond motifs is 1. The molecule has 3 aliphatic heterocycles. The first-order valence-corrected chi connectivity index (χ1v) is 8.70. The zero-order valence-electron chi connectivity index (χ0n) is 14.7. The maximum atomic E-state index is 3.82. The number of rotatable bonds is 1. The molecular formula is C17H34N4. The van der Waals surface area contributed by atoms with Crippen LogP contribution in [0.3, 0.4) is 0 Å². The Bertz CT molecular complexity index is 363. The molecule has 3 saturated heterocycles. The van der Waals surface area contributed by atoms with E-state index < -0.39 is 0 Å². The van der Waals surface area contributed by atoms with Crippen LogP contribution in [0.15, 0.2) is 0 Å². The summed E-state index contributed by atoms with van der Waals surface area (Å²) in [6, 6.07) is 1.49. The smallest absolute Gasteiger partial charge is 0.0351 e. The summed E-state index contributed by atoms with van der Waals surface area (Å²) in [5, 5.41) is 3.82. The second kappa shape index (κ2) is 5.48. The molecule has 21 heavy (non-hydrogen) atoms. The highest BCUT2D eigenvalue weighted by molar-refractivity contribution is 5.02. The van der Waals surface area contributed by atoms with Crippen LogP contribution < -0.4 is 5.32 Å². The molecule has 0 spiro atoms. The maximum absolute atomic E-state index is 3.82. The third kappa shape index (κ3) is 3.61. The third-order valence-electron chi connectivity index (χ3n) is 5.61. The predicted molar refractivity (Wildman–Crippen MR) is 88.7 cm³/mol. The quantitative estimate of drug-likeness (QED) is 0.785. The second-order valence-electron chi connectivity index (χ2n) is 8.90. The van der Waals surface area contributed by atoms with Gasteiger partial charge in [-0.3, -0.25) is 9.80 Å². The van der Waals surface area contributed by atoms with Gasteiger partial charge in [0.2, 0.25) is 0 Å². The van der Waals surface area contributed by atoms with Gasteiger partial charge in [-0.1, -0.05) is 0 Å². The van der Waals surface area contributed by atoms with Gasteiger partial charge < -0.3 is 10.2 Å². The van der Waals surface area contributed by atoms with Crippen molar-refractivity contribution >= 4 is 0 Å². The molecule has 1 atom stereocenters. The van der Waals surface area contributed by atoms with Crippen LogP contribution in [0.4, 0.5) is 0 Å². The number of piperidine rings is 1. The summed E-state index contributed by atoms with van der Waals surface area (Å²) >= 11 is 0. The van der Waals surface area contributed by atoms with Crippen LogP contribution in [0.5, 0.6) is 0 Å². The largest absolute Gasteiger partial charge is 0.307 e. The van der Waals surface area contributed by atoms with Gasteiger partial charge in [-0.15, -0.1) is 0 Å². The highest BCUT2D eigenvalue weighted by Gasteiger charge is 2.42. The highest BCUT2D eigenvalue weighted by Crippen LogP contribution is 2.32.